The first kappa shape index (κ1) is 16.5. The molecule has 1 aliphatic heterocycles. The molecule has 0 aliphatic carbocycles. The van der Waals surface area contributed by atoms with Gasteiger partial charge in [-0.15, -0.1) is 0 Å². The molecule has 2 N–H and O–H groups in total. The van der Waals surface area contributed by atoms with Crippen molar-refractivity contribution in [2.45, 2.75) is 52.3 Å². The Labute approximate surface area is 129 Å². The van der Waals surface area contributed by atoms with Gasteiger partial charge in [-0.05, 0) is 56.8 Å². The van der Waals surface area contributed by atoms with Crippen molar-refractivity contribution in [1.29, 1.82) is 0 Å². The Morgan fingerprint density at radius 2 is 2.00 bits per heavy atom. The largest absolute Gasteiger partial charge is 0.392 e. The third-order valence-electron chi connectivity index (χ3n) is 4.79. The van der Waals surface area contributed by atoms with E-state index in [4.69, 9.17) is 0 Å². The molecule has 1 aromatic rings. The van der Waals surface area contributed by atoms with Gasteiger partial charge in [-0.3, -0.25) is 4.90 Å². The fourth-order valence-corrected chi connectivity index (χ4v) is 3.02. The molecule has 0 saturated carbocycles. The zero-order valence-corrected chi connectivity index (χ0v) is 13.7. The SMILES string of the molecule is CC1CCN(C(C)CNC(C)c2cccc(CO)c2)CC1. The van der Waals surface area contributed by atoms with Gasteiger partial charge in [-0.1, -0.05) is 31.2 Å². The third kappa shape index (κ3) is 4.80. The van der Waals surface area contributed by atoms with E-state index in [2.05, 4.69) is 43.1 Å². The Morgan fingerprint density at radius 1 is 1.29 bits per heavy atom. The molecule has 1 fully saturated rings. The van der Waals surface area contributed by atoms with Crippen molar-refractivity contribution in [3.05, 3.63) is 35.4 Å². The summed E-state index contributed by atoms with van der Waals surface area (Å²) in [5.74, 6) is 0.890. The molecule has 2 atom stereocenters. The summed E-state index contributed by atoms with van der Waals surface area (Å²) >= 11 is 0. The van der Waals surface area contributed by atoms with Crippen molar-refractivity contribution in [3.8, 4) is 0 Å². The van der Waals surface area contributed by atoms with Gasteiger partial charge in [0.25, 0.3) is 0 Å². The maximum atomic E-state index is 9.23. The van der Waals surface area contributed by atoms with E-state index in [-0.39, 0.29) is 6.61 Å². The lowest BCUT2D eigenvalue weighted by Gasteiger charge is -2.35. The molecular weight excluding hydrogens is 260 g/mol. The molecule has 3 nitrogen and oxygen atoms in total. The van der Waals surface area contributed by atoms with E-state index in [1.165, 1.54) is 31.5 Å². The second kappa shape index (κ2) is 7.92. The summed E-state index contributed by atoms with van der Waals surface area (Å²) in [5.41, 5.74) is 2.24. The molecule has 21 heavy (non-hydrogen) atoms. The zero-order valence-electron chi connectivity index (χ0n) is 13.7. The van der Waals surface area contributed by atoms with E-state index in [0.29, 0.717) is 12.1 Å². The number of aliphatic hydroxyl groups is 1. The van der Waals surface area contributed by atoms with Crippen molar-refractivity contribution < 1.29 is 5.11 Å². The number of likely N-dealkylation sites (tertiary alicyclic amines) is 1. The Hall–Kier alpha value is -0.900. The molecule has 2 unspecified atom stereocenters. The van der Waals surface area contributed by atoms with Crippen LogP contribution in [0.2, 0.25) is 0 Å². The van der Waals surface area contributed by atoms with Gasteiger partial charge in [0.05, 0.1) is 6.61 Å². The fourth-order valence-electron chi connectivity index (χ4n) is 3.02. The number of nitrogens with one attached hydrogen (secondary N) is 1. The summed E-state index contributed by atoms with van der Waals surface area (Å²) in [4.78, 5) is 2.60. The number of nitrogens with zero attached hydrogens (tertiary/aromatic N) is 1. The van der Waals surface area contributed by atoms with Crippen LogP contribution in [0.4, 0.5) is 0 Å². The zero-order chi connectivity index (χ0) is 15.2. The van der Waals surface area contributed by atoms with E-state index >= 15 is 0 Å². The van der Waals surface area contributed by atoms with E-state index in [0.717, 1.165) is 18.0 Å². The Kier molecular flexibility index (Phi) is 6.22. The molecule has 0 bridgehead atoms. The number of piperidine rings is 1. The predicted molar refractivity (Wildman–Crippen MR) is 88.2 cm³/mol. The van der Waals surface area contributed by atoms with E-state index in [9.17, 15) is 5.11 Å². The van der Waals surface area contributed by atoms with Crippen molar-refractivity contribution >= 4 is 0 Å². The average Bonchev–Trinajstić information content (AvgIpc) is 2.53. The number of aliphatic hydroxyl groups excluding tert-OH is 1. The fraction of sp³-hybridized carbons (Fsp3) is 0.667. The second-order valence-corrected chi connectivity index (χ2v) is 6.60. The molecule has 3 heteroatoms. The molecule has 1 aliphatic rings. The highest BCUT2D eigenvalue weighted by Crippen LogP contribution is 2.19. The van der Waals surface area contributed by atoms with Crippen LogP contribution in [0, 0.1) is 5.92 Å². The van der Waals surface area contributed by atoms with Crippen LogP contribution >= 0.6 is 0 Å². The number of benzene rings is 1. The second-order valence-electron chi connectivity index (χ2n) is 6.60. The quantitative estimate of drug-likeness (QED) is 0.845. The van der Waals surface area contributed by atoms with Gasteiger partial charge in [-0.2, -0.15) is 0 Å². The highest BCUT2D eigenvalue weighted by atomic mass is 16.3. The standard InChI is InChI=1S/C18H30N2O/c1-14-7-9-20(10-8-14)15(2)12-19-16(3)18-6-4-5-17(11-18)13-21/h4-6,11,14-16,19,21H,7-10,12-13H2,1-3H3. The van der Waals surface area contributed by atoms with Crippen molar-refractivity contribution in [2.24, 2.45) is 5.92 Å². The predicted octanol–water partition coefficient (Wildman–Crippen LogP) is 2.95. The van der Waals surface area contributed by atoms with Crippen LogP contribution in [0.5, 0.6) is 0 Å². The van der Waals surface area contributed by atoms with Gasteiger partial charge in [0.1, 0.15) is 0 Å². The van der Waals surface area contributed by atoms with Crippen LogP contribution in [0.25, 0.3) is 0 Å². The Balaban J connectivity index is 1.81. The molecule has 0 aromatic heterocycles. The average molecular weight is 290 g/mol. The van der Waals surface area contributed by atoms with Gasteiger partial charge >= 0.3 is 0 Å². The molecule has 0 radical (unpaired) electrons. The molecule has 0 spiro atoms. The lowest BCUT2D eigenvalue weighted by atomic mass is 9.98. The summed E-state index contributed by atoms with van der Waals surface area (Å²) in [6, 6.07) is 9.11. The monoisotopic (exact) mass is 290 g/mol. The highest BCUT2D eigenvalue weighted by Gasteiger charge is 2.20. The van der Waals surface area contributed by atoms with Gasteiger partial charge in [0, 0.05) is 18.6 Å². The summed E-state index contributed by atoms with van der Waals surface area (Å²) in [7, 11) is 0. The van der Waals surface area contributed by atoms with Crippen LogP contribution in [0.3, 0.4) is 0 Å². The van der Waals surface area contributed by atoms with Crippen LogP contribution < -0.4 is 5.32 Å². The first-order chi connectivity index (χ1) is 10.1. The first-order valence-corrected chi connectivity index (χ1v) is 8.27. The maximum absolute atomic E-state index is 9.23. The third-order valence-corrected chi connectivity index (χ3v) is 4.79. The van der Waals surface area contributed by atoms with Gasteiger partial charge in [-0.25, -0.2) is 0 Å². The smallest absolute Gasteiger partial charge is 0.0681 e. The minimum Gasteiger partial charge on any atom is -0.392 e. The van der Waals surface area contributed by atoms with E-state index in [1.54, 1.807) is 0 Å². The Morgan fingerprint density at radius 3 is 2.67 bits per heavy atom. The summed E-state index contributed by atoms with van der Waals surface area (Å²) in [6.07, 6.45) is 2.66. The van der Waals surface area contributed by atoms with Gasteiger partial charge < -0.3 is 10.4 Å². The van der Waals surface area contributed by atoms with E-state index in [1.807, 2.05) is 12.1 Å². The molecule has 1 heterocycles. The topological polar surface area (TPSA) is 35.5 Å². The minimum absolute atomic E-state index is 0.114. The molecule has 1 aromatic carbocycles. The number of rotatable bonds is 6. The maximum Gasteiger partial charge on any atom is 0.0681 e. The molecule has 1 saturated heterocycles. The van der Waals surface area contributed by atoms with Crippen LogP contribution in [0.15, 0.2) is 24.3 Å². The van der Waals surface area contributed by atoms with E-state index < -0.39 is 0 Å². The van der Waals surface area contributed by atoms with Gasteiger partial charge in [0.15, 0.2) is 0 Å². The lowest BCUT2D eigenvalue weighted by molar-refractivity contribution is 0.143. The number of hydrogen-bond acceptors (Lipinski definition) is 3. The normalized spacial score (nSPS) is 20.4. The first-order valence-electron chi connectivity index (χ1n) is 8.27. The van der Waals surface area contributed by atoms with Crippen molar-refractivity contribution in [3.63, 3.8) is 0 Å². The minimum atomic E-state index is 0.114. The summed E-state index contributed by atoms with van der Waals surface area (Å²) in [5, 5.41) is 12.9. The lowest BCUT2D eigenvalue weighted by Crippen LogP contribution is -2.44. The molecule has 118 valence electrons. The van der Waals surface area contributed by atoms with Crippen molar-refractivity contribution in [2.75, 3.05) is 19.6 Å². The molecular formula is C18H30N2O. The van der Waals surface area contributed by atoms with Crippen LogP contribution in [-0.4, -0.2) is 35.7 Å². The Bertz CT molecular complexity index is 427. The van der Waals surface area contributed by atoms with Gasteiger partial charge in [0.2, 0.25) is 0 Å². The molecule has 0 amide bonds. The van der Waals surface area contributed by atoms with Crippen molar-refractivity contribution in [1.82, 2.24) is 10.2 Å². The summed E-state index contributed by atoms with van der Waals surface area (Å²) in [6.45, 7) is 10.5. The summed E-state index contributed by atoms with van der Waals surface area (Å²) < 4.78 is 0. The highest BCUT2D eigenvalue weighted by molar-refractivity contribution is 5.25. The van der Waals surface area contributed by atoms with Crippen LogP contribution in [0.1, 0.15) is 50.8 Å². The molecule has 2 rings (SSSR count). The van der Waals surface area contributed by atoms with Crippen LogP contribution in [-0.2, 0) is 6.61 Å². The number of hydrogen-bond donors (Lipinski definition) is 2.